The zero-order valence-electron chi connectivity index (χ0n) is 9.81. The van der Waals surface area contributed by atoms with Crippen molar-refractivity contribution in [3.8, 4) is 0 Å². The summed E-state index contributed by atoms with van der Waals surface area (Å²) in [6.07, 6.45) is 1.77. The quantitative estimate of drug-likeness (QED) is 0.866. The molecule has 0 aromatic carbocycles. The fourth-order valence-electron chi connectivity index (χ4n) is 1.47. The number of rotatable bonds is 3. The van der Waals surface area contributed by atoms with Gasteiger partial charge in [0, 0.05) is 26.4 Å². The van der Waals surface area contributed by atoms with E-state index in [1.807, 2.05) is 6.92 Å². The summed E-state index contributed by atoms with van der Waals surface area (Å²) in [6, 6.07) is 1.74. The second-order valence-electron chi connectivity index (χ2n) is 3.55. The lowest BCUT2D eigenvalue weighted by atomic mass is 10.2. The Labute approximate surface area is 103 Å². The number of amides is 1. The molecule has 2 aromatic heterocycles. The first kappa shape index (κ1) is 11.6. The van der Waals surface area contributed by atoms with Gasteiger partial charge in [-0.2, -0.15) is 9.47 Å². The van der Waals surface area contributed by atoms with Gasteiger partial charge in [0.05, 0.1) is 11.3 Å². The minimum Gasteiger partial charge on any atom is -0.378 e. The summed E-state index contributed by atoms with van der Waals surface area (Å²) in [4.78, 5) is 12.1. The Kier molecular flexibility index (Phi) is 3.10. The molecule has 1 amide bonds. The molecule has 0 saturated heterocycles. The largest absolute Gasteiger partial charge is 0.378 e. The van der Waals surface area contributed by atoms with Gasteiger partial charge in [-0.3, -0.25) is 9.48 Å². The number of nitrogens with one attached hydrogen (secondary N) is 2. The molecule has 0 aliphatic rings. The van der Waals surface area contributed by atoms with E-state index < -0.39 is 0 Å². The first-order valence-corrected chi connectivity index (χ1v) is 5.84. The lowest BCUT2D eigenvalue weighted by molar-refractivity contribution is 0.102. The fourth-order valence-corrected chi connectivity index (χ4v) is 2.21. The zero-order valence-corrected chi connectivity index (χ0v) is 10.6. The van der Waals surface area contributed by atoms with E-state index in [1.54, 1.807) is 31.0 Å². The first-order valence-electron chi connectivity index (χ1n) is 5.07. The average Bonchev–Trinajstić information content (AvgIpc) is 2.84. The van der Waals surface area contributed by atoms with E-state index in [0.29, 0.717) is 17.1 Å². The maximum absolute atomic E-state index is 12.1. The summed E-state index contributed by atoms with van der Waals surface area (Å²) in [5.41, 5.74) is 1.29. The van der Waals surface area contributed by atoms with Crippen molar-refractivity contribution in [1.82, 2.24) is 14.2 Å². The minimum atomic E-state index is -0.195. The lowest BCUT2D eigenvalue weighted by Gasteiger charge is -2.03. The van der Waals surface area contributed by atoms with Crippen molar-refractivity contribution in [3.05, 3.63) is 23.5 Å². The molecule has 2 aromatic rings. The molecule has 2 rings (SSSR count). The summed E-state index contributed by atoms with van der Waals surface area (Å²) >= 11 is 1.27. The van der Waals surface area contributed by atoms with Crippen LogP contribution in [0.1, 0.15) is 16.1 Å². The zero-order chi connectivity index (χ0) is 12.4. The van der Waals surface area contributed by atoms with Crippen LogP contribution in [0.25, 0.3) is 0 Å². The summed E-state index contributed by atoms with van der Waals surface area (Å²) in [5.74, 6) is 0.337. The molecular formula is C10H13N5OS. The second kappa shape index (κ2) is 4.54. The van der Waals surface area contributed by atoms with E-state index in [2.05, 4.69) is 20.1 Å². The molecule has 6 nitrogen and oxygen atoms in total. The van der Waals surface area contributed by atoms with Gasteiger partial charge in [-0.15, -0.1) is 0 Å². The predicted octanol–water partition coefficient (Wildman–Crippen LogP) is 1.48. The lowest BCUT2D eigenvalue weighted by Crippen LogP contribution is -2.14. The smallest absolute Gasteiger partial charge is 0.261 e. The van der Waals surface area contributed by atoms with Gasteiger partial charge in [0.25, 0.3) is 5.91 Å². The number of carbonyl (C=O) groups is 1. The van der Waals surface area contributed by atoms with Crippen molar-refractivity contribution < 1.29 is 4.79 Å². The van der Waals surface area contributed by atoms with Crippen LogP contribution in [0.3, 0.4) is 0 Å². The van der Waals surface area contributed by atoms with Gasteiger partial charge in [-0.25, -0.2) is 0 Å². The highest BCUT2D eigenvalue weighted by Crippen LogP contribution is 2.24. The van der Waals surface area contributed by atoms with Gasteiger partial charge >= 0.3 is 0 Å². The van der Waals surface area contributed by atoms with E-state index in [1.165, 1.54) is 11.5 Å². The van der Waals surface area contributed by atoms with Gasteiger partial charge in [0.2, 0.25) is 0 Å². The van der Waals surface area contributed by atoms with E-state index in [0.717, 1.165) is 5.00 Å². The van der Waals surface area contributed by atoms with Crippen LogP contribution in [-0.4, -0.2) is 27.1 Å². The molecule has 2 heterocycles. The molecule has 0 fully saturated rings. The Morgan fingerprint density at radius 1 is 1.53 bits per heavy atom. The molecule has 0 aliphatic carbocycles. The van der Waals surface area contributed by atoms with Gasteiger partial charge in [0.15, 0.2) is 5.82 Å². The first-order chi connectivity index (χ1) is 8.11. The number of anilines is 2. The van der Waals surface area contributed by atoms with E-state index in [4.69, 9.17) is 0 Å². The van der Waals surface area contributed by atoms with Crippen molar-refractivity contribution in [1.29, 1.82) is 0 Å². The Morgan fingerprint density at radius 3 is 2.88 bits per heavy atom. The summed E-state index contributed by atoms with van der Waals surface area (Å²) in [5, 5.41) is 10.5. The fraction of sp³-hybridized carbons (Fsp3) is 0.300. The second-order valence-corrected chi connectivity index (χ2v) is 4.32. The molecule has 0 saturated carbocycles. The highest BCUT2D eigenvalue weighted by molar-refractivity contribution is 7.10. The number of hydrogen-bond donors (Lipinski definition) is 2. The van der Waals surface area contributed by atoms with E-state index >= 15 is 0 Å². The van der Waals surface area contributed by atoms with Crippen LogP contribution >= 0.6 is 11.5 Å². The number of aromatic nitrogens is 3. The molecule has 0 aliphatic heterocycles. The average molecular weight is 251 g/mol. The molecule has 17 heavy (non-hydrogen) atoms. The minimum absolute atomic E-state index is 0.195. The van der Waals surface area contributed by atoms with Crippen molar-refractivity contribution in [2.75, 3.05) is 17.7 Å². The number of hydrogen-bond acceptors (Lipinski definition) is 5. The van der Waals surface area contributed by atoms with Gasteiger partial charge < -0.3 is 10.6 Å². The Bertz CT molecular complexity index is 545. The maximum Gasteiger partial charge on any atom is 0.261 e. The molecule has 0 radical (unpaired) electrons. The number of aryl methyl sites for hydroxylation is 2. The van der Waals surface area contributed by atoms with Gasteiger partial charge in [-0.1, -0.05) is 0 Å². The molecule has 2 N–H and O–H groups in total. The molecule has 0 atom stereocenters. The normalized spacial score (nSPS) is 10.3. The number of carbonyl (C=O) groups excluding carboxylic acids is 1. The highest BCUT2D eigenvalue weighted by atomic mass is 32.1. The summed E-state index contributed by atoms with van der Waals surface area (Å²) in [7, 11) is 3.57. The monoisotopic (exact) mass is 251 g/mol. The highest BCUT2D eigenvalue weighted by Gasteiger charge is 2.18. The van der Waals surface area contributed by atoms with Crippen LogP contribution in [0.5, 0.6) is 0 Å². The molecule has 0 spiro atoms. The van der Waals surface area contributed by atoms with Crippen molar-refractivity contribution in [3.63, 3.8) is 0 Å². The predicted molar refractivity (Wildman–Crippen MR) is 67.6 cm³/mol. The summed E-state index contributed by atoms with van der Waals surface area (Å²) in [6.45, 7) is 1.81. The molecule has 90 valence electrons. The number of nitrogens with zero attached hydrogens (tertiary/aromatic N) is 3. The van der Waals surface area contributed by atoms with Crippen molar-refractivity contribution in [2.45, 2.75) is 6.92 Å². The topological polar surface area (TPSA) is 71.8 Å². The van der Waals surface area contributed by atoms with Gasteiger partial charge in [-0.05, 0) is 18.5 Å². The van der Waals surface area contributed by atoms with E-state index in [-0.39, 0.29) is 5.91 Å². The van der Waals surface area contributed by atoms with Gasteiger partial charge in [0.1, 0.15) is 5.00 Å². The van der Waals surface area contributed by atoms with Crippen LogP contribution in [0.15, 0.2) is 12.3 Å². The Balaban J connectivity index is 2.22. The third-order valence-electron chi connectivity index (χ3n) is 2.27. The van der Waals surface area contributed by atoms with Crippen molar-refractivity contribution in [2.24, 2.45) is 7.05 Å². The third-order valence-corrected chi connectivity index (χ3v) is 3.23. The molecule has 0 unspecified atom stereocenters. The van der Waals surface area contributed by atoms with Crippen LogP contribution in [-0.2, 0) is 7.05 Å². The van der Waals surface area contributed by atoms with Crippen LogP contribution in [0, 0.1) is 6.92 Å². The Morgan fingerprint density at radius 2 is 2.29 bits per heavy atom. The SMILES string of the molecule is CNc1snc(C)c1C(=O)Nc1ccn(C)n1. The van der Waals surface area contributed by atoms with Crippen molar-refractivity contribution >= 4 is 28.3 Å². The van der Waals surface area contributed by atoms with Crippen LogP contribution < -0.4 is 10.6 Å². The molecule has 7 heteroatoms. The Hall–Kier alpha value is -1.89. The molecule has 0 bridgehead atoms. The maximum atomic E-state index is 12.1. The standard InChI is InChI=1S/C10H13N5OS/c1-6-8(10(11-2)17-14-6)9(16)12-7-4-5-15(3)13-7/h4-5,11H,1-3H3,(H,12,13,16). The van der Waals surface area contributed by atoms with Crippen LogP contribution in [0.4, 0.5) is 10.8 Å². The van der Waals surface area contributed by atoms with E-state index in [9.17, 15) is 4.79 Å². The third kappa shape index (κ3) is 2.28. The van der Waals surface area contributed by atoms with Crippen LogP contribution in [0.2, 0.25) is 0 Å². The summed E-state index contributed by atoms with van der Waals surface area (Å²) < 4.78 is 5.78. The molecular weight excluding hydrogens is 238 g/mol.